The van der Waals surface area contributed by atoms with Gasteiger partial charge in [-0.2, -0.15) is 10.2 Å². The van der Waals surface area contributed by atoms with Crippen molar-refractivity contribution >= 4 is 23.9 Å². The average Bonchev–Trinajstić information content (AvgIpc) is 3.15. The van der Waals surface area contributed by atoms with Gasteiger partial charge in [-0.05, 0) is 23.8 Å². The standard InChI is InChI=1S/C20H22N4O3/c1-3-19(25)23-10-12-24(13-11-23)20-17(14-21)22-18(27-20)9-6-15-4-7-16(26-2)8-5-15/h4-9H,3,10-13H2,1-2H3/b9-6+. The average molecular weight is 366 g/mol. The molecular weight excluding hydrogens is 344 g/mol. The summed E-state index contributed by atoms with van der Waals surface area (Å²) in [6.45, 7) is 4.35. The molecule has 7 heteroatoms. The maximum atomic E-state index is 11.8. The third-order valence-corrected chi connectivity index (χ3v) is 4.49. The first-order valence-electron chi connectivity index (χ1n) is 8.90. The Balaban J connectivity index is 1.71. The highest BCUT2D eigenvalue weighted by Crippen LogP contribution is 2.24. The summed E-state index contributed by atoms with van der Waals surface area (Å²) < 4.78 is 11.0. The van der Waals surface area contributed by atoms with Crippen molar-refractivity contribution in [3.8, 4) is 11.8 Å². The zero-order valence-corrected chi connectivity index (χ0v) is 15.5. The predicted molar refractivity (Wildman–Crippen MR) is 102 cm³/mol. The molecule has 0 N–H and O–H groups in total. The van der Waals surface area contributed by atoms with Crippen LogP contribution < -0.4 is 9.64 Å². The Bertz CT molecular complexity index is 856. The van der Waals surface area contributed by atoms with Crippen LogP contribution in [0.15, 0.2) is 28.7 Å². The van der Waals surface area contributed by atoms with Gasteiger partial charge in [-0.1, -0.05) is 19.1 Å². The number of carbonyl (C=O) groups excluding carboxylic acids is 1. The van der Waals surface area contributed by atoms with Gasteiger partial charge in [-0.3, -0.25) is 4.79 Å². The first-order valence-corrected chi connectivity index (χ1v) is 8.90. The van der Waals surface area contributed by atoms with E-state index in [1.54, 1.807) is 13.2 Å². The minimum Gasteiger partial charge on any atom is -0.497 e. The van der Waals surface area contributed by atoms with Crippen molar-refractivity contribution in [2.24, 2.45) is 0 Å². The van der Waals surface area contributed by atoms with Crippen molar-refractivity contribution in [1.29, 1.82) is 5.26 Å². The number of aromatic nitrogens is 1. The normalized spacial score (nSPS) is 14.4. The van der Waals surface area contributed by atoms with Gasteiger partial charge >= 0.3 is 0 Å². The lowest BCUT2D eigenvalue weighted by molar-refractivity contribution is -0.131. The molecule has 1 fully saturated rings. The van der Waals surface area contributed by atoms with Gasteiger partial charge in [0.25, 0.3) is 0 Å². The smallest absolute Gasteiger partial charge is 0.235 e. The maximum Gasteiger partial charge on any atom is 0.235 e. The number of rotatable bonds is 5. The molecule has 0 atom stereocenters. The topological polar surface area (TPSA) is 82.6 Å². The number of carbonyl (C=O) groups is 1. The van der Waals surface area contributed by atoms with E-state index in [1.165, 1.54) is 0 Å². The van der Waals surface area contributed by atoms with Crippen LogP contribution in [0.2, 0.25) is 0 Å². The largest absolute Gasteiger partial charge is 0.497 e. The van der Waals surface area contributed by atoms with Crippen molar-refractivity contribution in [3.63, 3.8) is 0 Å². The molecule has 1 aromatic carbocycles. The van der Waals surface area contributed by atoms with E-state index < -0.39 is 0 Å². The number of hydrogen-bond acceptors (Lipinski definition) is 6. The zero-order valence-electron chi connectivity index (χ0n) is 15.5. The fourth-order valence-electron chi connectivity index (χ4n) is 2.95. The highest BCUT2D eigenvalue weighted by molar-refractivity contribution is 5.76. The van der Waals surface area contributed by atoms with Crippen LogP contribution in [-0.4, -0.2) is 49.1 Å². The van der Waals surface area contributed by atoms with E-state index >= 15 is 0 Å². The van der Waals surface area contributed by atoms with Crippen molar-refractivity contribution < 1.29 is 13.9 Å². The van der Waals surface area contributed by atoms with E-state index in [4.69, 9.17) is 9.15 Å². The highest BCUT2D eigenvalue weighted by Gasteiger charge is 2.25. The SMILES string of the molecule is CCC(=O)N1CCN(c2oc(/C=C/c3ccc(OC)cc3)nc2C#N)CC1. The second-order valence-corrected chi connectivity index (χ2v) is 6.15. The predicted octanol–water partition coefficient (Wildman–Crippen LogP) is 2.78. The van der Waals surface area contributed by atoms with Crippen LogP contribution in [0.1, 0.15) is 30.5 Å². The molecule has 0 bridgehead atoms. The fourth-order valence-corrected chi connectivity index (χ4v) is 2.95. The van der Waals surface area contributed by atoms with Crippen LogP contribution in [0.25, 0.3) is 12.2 Å². The van der Waals surface area contributed by atoms with Gasteiger partial charge in [0.15, 0.2) is 0 Å². The molecule has 1 aliphatic heterocycles. The Hall–Kier alpha value is -3.27. The number of ether oxygens (including phenoxy) is 1. The van der Waals surface area contributed by atoms with Gasteiger partial charge in [0, 0.05) is 38.7 Å². The molecule has 1 aromatic heterocycles. The van der Waals surface area contributed by atoms with E-state index in [-0.39, 0.29) is 11.6 Å². The molecule has 1 aliphatic rings. The lowest BCUT2D eigenvalue weighted by Crippen LogP contribution is -2.48. The molecule has 1 amide bonds. The monoisotopic (exact) mass is 366 g/mol. The number of nitriles is 1. The van der Waals surface area contributed by atoms with E-state index in [0.717, 1.165) is 11.3 Å². The molecule has 0 spiro atoms. The molecule has 3 rings (SSSR count). The molecule has 2 aromatic rings. The van der Waals surface area contributed by atoms with Crippen LogP contribution >= 0.6 is 0 Å². The van der Waals surface area contributed by atoms with Crippen LogP contribution in [0, 0.1) is 11.3 Å². The highest BCUT2D eigenvalue weighted by atomic mass is 16.5. The van der Waals surface area contributed by atoms with Gasteiger partial charge in [-0.25, -0.2) is 0 Å². The second-order valence-electron chi connectivity index (χ2n) is 6.15. The lowest BCUT2D eigenvalue weighted by atomic mass is 10.2. The molecule has 0 unspecified atom stereocenters. The molecule has 0 saturated carbocycles. The lowest BCUT2D eigenvalue weighted by Gasteiger charge is -2.34. The van der Waals surface area contributed by atoms with Crippen molar-refractivity contribution in [3.05, 3.63) is 41.4 Å². The third-order valence-electron chi connectivity index (χ3n) is 4.49. The maximum absolute atomic E-state index is 11.8. The summed E-state index contributed by atoms with van der Waals surface area (Å²) in [5.74, 6) is 1.79. The van der Waals surface area contributed by atoms with Crippen LogP contribution in [0.5, 0.6) is 5.75 Å². The number of methoxy groups -OCH3 is 1. The van der Waals surface area contributed by atoms with Gasteiger partial charge in [0.2, 0.25) is 23.4 Å². The van der Waals surface area contributed by atoms with Crippen LogP contribution in [-0.2, 0) is 4.79 Å². The van der Waals surface area contributed by atoms with E-state index in [2.05, 4.69) is 11.1 Å². The number of anilines is 1. The molecule has 2 heterocycles. The first-order chi connectivity index (χ1) is 13.1. The number of hydrogen-bond donors (Lipinski definition) is 0. The molecule has 0 aliphatic carbocycles. The number of amides is 1. The molecule has 27 heavy (non-hydrogen) atoms. The minimum atomic E-state index is 0.149. The van der Waals surface area contributed by atoms with E-state index in [9.17, 15) is 10.1 Å². The second kappa shape index (κ2) is 8.41. The number of nitrogens with zero attached hydrogens (tertiary/aromatic N) is 4. The molecule has 0 radical (unpaired) electrons. The van der Waals surface area contributed by atoms with E-state index in [1.807, 2.05) is 47.1 Å². The Labute approximate surface area is 158 Å². The summed E-state index contributed by atoms with van der Waals surface area (Å²) >= 11 is 0. The number of oxazole rings is 1. The Morgan fingerprint density at radius 1 is 1.26 bits per heavy atom. The summed E-state index contributed by atoms with van der Waals surface area (Å²) in [6.07, 6.45) is 4.11. The Morgan fingerprint density at radius 2 is 1.96 bits per heavy atom. The summed E-state index contributed by atoms with van der Waals surface area (Å²) in [5.41, 5.74) is 1.24. The van der Waals surface area contributed by atoms with Crippen molar-refractivity contribution in [1.82, 2.24) is 9.88 Å². The Morgan fingerprint density at radius 3 is 2.56 bits per heavy atom. The minimum absolute atomic E-state index is 0.149. The van der Waals surface area contributed by atoms with Gasteiger partial charge in [0.05, 0.1) is 7.11 Å². The third kappa shape index (κ3) is 4.29. The molecule has 140 valence electrons. The Kier molecular flexibility index (Phi) is 5.77. The quantitative estimate of drug-likeness (QED) is 0.809. The fraction of sp³-hybridized carbons (Fsp3) is 0.350. The van der Waals surface area contributed by atoms with E-state index in [0.29, 0.717) is 44.4 Å². The zero-order chi connectivity index (χ0) is 19.2. The summed E-state index contributed by atoms with van der Waals surface area (Å²) in [5, 5.41) is 9.38. The first kappa shape index (κ1) is 18.5. The van der Waals surface area contributed by atoms with Crippen molar-refractivity contribution in [2.75, 3.05) is 38.2 Å². The molecule has 1 saturated heterocycles. The van der Waals surface area contributed by atoms with Crippen LogP contribution in [0.4, 0.5) is 5.88 Å². The molecule has 7 nitrogen and oxygen atoms in total. The number of piperazine rings is 1. The van der Waals surface area contributed by atoms with Gasteiger partial charge in [0.1, 0.15) is 11.8 Å². The summed E-state index contributed by atoms with van der Waals surface area (Å²) in [4.78, 5) is 19.9. The summed E-state index contributed by atoms with van der Waals surface area (Å²) in [6, 6.07) is 9.69. The van der Waals surface area contributed by atoms with Crippen molar-refractivity contribution in [2.45, 2.75) is 13.3 Å². The molecular formula is C20H22N4O3. The van der Waals surface area contributed by atoms with Gasteiger partial charge in [-0.15, -0.1) is 0 Å². The van der Waals surface area contributed by atoms with Crippen LogP contribution in [0.3, 0.4) is 0 Å². The summed E-state index contributed by atoms with van der Waals surface area (Å²) in [7, 11) is 1.63. The van der Waals surface area contributed by atoms with Gasteiger partial charge < -0.3 is 19.0 Å². The number of benzene rings is 1.